The lowest BCUT2D eigenvalue weighted by Gasteiger charge is -2.04. The zero-order valence-corrected chi connectivity index (χ0v) is 20.0. The lowest BCUT2D eigenvalue weighted by atomic mass is 10.1. The summed E-state index contributed by atoms with van der Waals surface area (Å²) in [6.45, 7) is 0.595. The van der Waals surface area contributed by atoms with Crippen molar-refractivity contribution in [1.82, 2.24) is 9.97 Å². The third kappa shape index (κ3) is 5.28. The average molecular weight is 506 g/mol. The number of nitrogens with two attached hydrogens (primary N) is 1. The van der Waals surface area contributed by atoms with Gasteiger partial charge in [0, 0.05) is 10.9 Å². The monoisotopic (exact) mass is 505 g/mol. The number of benzene rings is 3. The van der Waals surface area contributed by atoms with Crippen LogP contribution in [0.1, 0.15) is 10.7 Å². The highest BCUT2D eigenvalue weighted by molar-refractivity contribution is 7.89. The molecule has 5 aromatic rings. The number of primary sulfonamides is 1. The van der Waals surface area contributed by atoms with Gasteiger partial charge in [0.2, 0.25) is 10.0 Å². The first-order valence-corrected chi connectivity index (χ1v) is 13.0. The number of thiazole rings is 1. The maximum Gasteiger partial charge on any atom is 0.238 e. The van der Waals surface area contributed by atoms with Crippen LogP contribution in [-0.2, 0) is 28.0 Å². The van der Waals surface area contributed by atoms with Crippen molar-refractivity contribution in [3.63, 3.8) is 0 Å². The average Bonchev–Trinajstić information content (AvgIpc) is 3.28. The number of para-hydroxylation sites is 1. The van der Waals surface area contributed by atoms with Gasteiger partial charge in [0.25, 0.3) is 0 Å². The molecule has 0 fully saturated rings. The summed E-state index contributed by atoms with van der Waals surface area (Å²) in [6.07, 6.45) is 0. The van der Waals surface area contributed by atoms with E-state index in [1.807, 2.05) is 36.4 Å². The Morgan fingerprint density at radius 1 is 0.829 bits per heavy atom. The van der Waals surface area contributed by atoms with Crippen LogP contribution in [0.15, 0.2) is 89.8 Å². The quantitative estimate of drug-likeness (QED) is 0.314. The number of hydrogen-bond donors (Lipinski definition) is 1. The molecule has 2 N–H and O–H groups in total. The summed E-state index contributed by atoms with van der Waals surface area (Å²) in [5, 5.41) is 7.02. The van der Waals surface area contributed by atoms with Gasteiger partial charge in [0.15, 0.2) is 0 Å². The molecule has 0 unspecified atom stereocenters. The van der Waals surface area contributed by atoms with Gasteiger partial charge in [-0.25, -0.2) is 22.9 Å². The maximum absolute atomic E-state index is 13.5. The molecule has 0 saturated heterocycles. The standard InChI is InChI=1S/C26H20FN3O3S2/c27-20-10-5-18(6-11-20)25-26(19-8-13-22(14-9-19)35(28,31)32)34-24(30-25)16-33-15-21-12-7-17-3-1-2-4-23(17)29-21/h1-14H,15-16H2,(H2,28,31,32). The van der Waals surface area contributed by atoms with Gasteiger partial charge in [-0.1, -0.05) is 36.4 Å². The minimum Gasteiger partial charge on any atom is -0.368 e. The molecule has 0 amide bonds. The van der Waals surface area contributed by atoms with Crippen LogP contribution < -0.4 is 5.14 Å². The summed E-state index contributed by atoms with van der Waals surface area (Å²) in [6, 6.07) is 24.2. The van der Waals surface area contributed by atoms with E-state index in [4.69, 9.17) is 14.9 Å². The van der Waals surface area contributed by atoms with Gasteiger partial charge < -0.3 is 4.74 Å². The number of halogens is 1. The van der Waals surface area contributed by atoms with Gasteiger partial charge in [-0.3, -0.25) is 4.98 Å². The number of fused-ring (bicyclic) bond motifs is 1. The van der Waals surface area contributed by atoms with E-state index in [1.165, 1.54) is 35.6 Å². The third-order valence-corrected chi connectivity index (χ3v) is 7.37. The number of ether oxygens (including phenoxy) is 1. The van der Waals surface area contributed by atoms with Crippen LogP contribution >= 0.6 is 11.3 Å². The van der Waals surface area contributed by atoms with Crippen molar-refractivity contribution in [2.45, 2.75) is 18.1 Å². The normalized spacial score (nSPS) is 11.7. The fourth-order valence-electron chi connectivity index (χ4n) is 3.65. The smallest absolute Gasteiger partial charge is 0.238 e. The summed E-state index contributed by atoms with van der Waals surface area (Å²) in [5.41, 5.74) is 3.91. The Kier molecular flexibility index (Phi) is 6.40. The van der Waals surface area contributed by atoms with Crippen LogP contribution in [0.2, 0.25) is 0 Å². The van der Waals surface area contributed by atoms with Gasteiger partial charge in [-0.15, -0.1) is 11.3 Å². The molecule has 0 atom stereocenters. The molecule has 2 aromatic heterocycles. The molecule has 5 rings (SSSR count). The van der Waals surface area contributed by atoms with E-state index in [9.17, 15) is 12.8 Å². The number of nitrogens with zero attached hydrogens (tertiary/aromatic N) is 2. The Bertz CT molecular complexity index is 1600. The van der Waals surface area contributed by atoms with Crippen LogP contribution in [0, 0.1) is 5.82 Å². The minimum atomic E-state index is -3.80. The van der Waals surface area contributed by atoms with Crippen molar-refractivity contribution in [3.8, 4) is 21.7 Å². The summed E-state index contributed by atoms with van der Waals surface area (Å²) >= 11 is 1.43. The fraction of sp³-hybridized carbons (Fsp3) is 0.0769. The van der Waals surface area contributed by atoms with Crippen LogP contribution in [0.25, 0.3) is 32.6 Å². The molecule has 0 radical (unpaired) electrons. The maximum atomic E-state index is 13.5. The Balaban J connectivity index is 1.41. The topological polar surface area (TPSA) is 95.2 Å². The molecule has 2 heterocycles. The number of sulfonamides is 1. The van der Waals surface area contributed by atoms with Crippen molar-refractivity contribution in [2.24, 2.45) is 5.14 Å². The minimum absolute atomic E-state index is 0.0283. The molecule has 0 spiro atoms. The number of rotatable bonds is 7. The van der Waals surface area contributed by atoms with E-state index in [2.05, 4.69) is 4.98 Å². The van der Waals surface area contributed by atoms with Gasteiger partial charge in [-0.2, -0.15) is 0 Å². The van der Waals surface area contributed by atoms with Gasteiger partial charge in [-0.05, 0) is 54.1 Å². The Morgan fingerprint density at radius 3 is 2.29 bits per heavy atom. The van der Waals surface area contributed by atoms with E-state index < -0.39 is 10.0 Å². The van der Waals surface area contributed by atoms with Crippen LogP contribution in [-0.4, -0.2) is 18.4 Å². The van der Waals surface area contributed by atoms with Crippen LogP contribution in [0.4, 0.5) is 4.39 Å². The summed E-state index contributed by atoms with van der Waals surface area (Å²) < 4.78 is 42.7. The van der Waals surface area contributed by atoms with E-state index in [1.54, 1.807) is 24.3 Å². The highest BCUT2D eigenvalue weighted by atomic mass is 32.2. The Morgan fingerprint density at radius 2 is 1.54 bits per heavy atom. The number of aromatic nitrogens is 2. The van der Waals surface area contributed by atoms with Crippen molar-refractivity contribution in [1.29, 1.82) is 0 Å². The van der Waals surface area contributed by atoms with Crippen molar-refractivity contribution >= 4 is 32.3 Å². The lowest BCUT2D eigenvalue weighted by molar-refractivity contribution is 0.104. The molecule has 176 valence electrons. The SMILES string of the molecule is NS(=O)(=O)c1ccc(-c2sc(COCc3ccc4ccccc4n3)nc2-c2ccc(F)cc2)cc1. The molecule has 3 aromatic carbocycles. The van der Waals surface area contributed by atoms with Crippen molar-refractivity contribution in [2.75, 3.05) is 0 Å². The molecule has 0 saturated carbocycles. The predicted molar refractivity (Wildman–Crippen MR) is 135 cm³/mol. The second-order valence-corrected chi connectivity index (χ2v) is 10.5. The highest BCUT2D eigenvalue weighted by Gasteiger charge is 2.17. The predicted octanol–water partition coefficient (Wildman–Crippen LogP) is 5.53. The first-order chi connectivity index (χ1) is 16.9. The molecule has 0 aliphatic heterocycles. The molecule has 0 aliphatic carbocycles. The van der Waals surface area contributed by atoms with Gasteiger partial charge in [0.05, 0.1) is 39.9 Å². The highest BCUT2D eigenvalue weighted by Crippen LogP contribution is 2.37. The number of pyridine rings is 1. The summed E-state index contributed by atoms with van der Waals surface area (Å²) in [7, 11) is -3.80. The molecular weight excluding hydrogens is 485 g/mol. The van der Waals surface area contributed by atoms with E-state index in [0.717, 1.165) is 37.6 Å². The van der Waals surface area contributed by atoms with E-state index >= 15 is 0 Å². The lowest BCUT2D eigenvalue weighted by Crippen LogP contribution is -2.11. The first-order valence-electron chi connectivity index (χ1n) is 10.7. The summed E-state index contributed by atoms with van der Waals surface area (Å²) in [4.78, 5) is 10.2. The molecule has 9 heteroatoms. The number of hydrogen-bond acceptors (Lipinski definition) is 6. The first kappa shape index (κ1) is 23.3. The molecular formula is C26H20FN3O3S2. The molecule has 35 heavy (non-hydrogen) atoms. The van der Waals surface area contributed by atoms with Crippen molar-refractivity contribution in [3.05, 3.63) is 101 Å². The Hall–Kier alpha value is -3.50. The van der Waals surface area contributed by atoms with Gasteiger partial charge in [0.1, 0.15) is 10.8 Å². The van der Waals surface area contributed by atoms with Crippen LogP contribution in [0.3, 0.4) is 0 Å². The second kappa shape index (κ2) is 9.63. The van der Waals surface area contributed by atoms with E-state index in [-0.39, 0.29) is 17.3 Å². The largest absolute Gasteiger partial charge is 0.368 e. The molecule has 0 aliphatic rings. The van der Waals surface area contributed by atoms with E-state index in [0.29, 0.717) is 12.3 Å². The zero-order valence-electron chi connectivity index (χ0n) is 18.4. The summed E-state index contributed by atoms with van der Waals surface area (Å²) in [5.74, 6) is -0.338. The Labute approximate surface area is 205 Å². The molecule has 0 bridgehead atoms. The van der Waals surface area contributed by atoms with Gasteiger partial charge >= 0.3 is 0 Å². The zero-order chi connectivity index (χ0) is 24.4. The van der Waals surface area contributed by atoms with Crippen LogP contribution in [0.5, 0.6) is 0 Å². The third-order valence-electron chi connectivity index (χ3n) is 5.37. The van der Waals surface area contributed by atoms with Crippen molar-refractivity contribution < 1.29 is 17.5 Å². The molecule has 6 nitrogen and oxygen atoms in total. The second-order valence-electron chi connectivity index (χ2n) is 7.85. The fourth-order valence-corrected chi connectivity index (χ4v) is 5.20.